The Balaban J connectivity index is 2.54. The number of nitrogens with two attached hydrogens (primary N) is 1. The van der Waals surface area contributed by atoms with Gasteiger partial charge in [-0.05, 0) is 35.9 Å². The third-order valence-corrected chi connectivity index (χ3v) is 2.50. The predicted octanol–water partition coefficient (Wildman–Crippen LogP) is 2.68. The molecular weight excluding hydrogens is 200 g/mol. The first kappa shape index (κ1) is 10.4. The third kappa shape index (κ3) is 1.93. The highest BCUT2D eigenvalue weighted by atomic mass is 16.3. The number of anilines is 2. The topological polar surface area (TPSA) is 58.3 Å². The van der Waals surface area contributed by atoms with Crippen molar-refractivity contribution in [2.45, 2.75) is 0 Å². The normalized spacial score (nSPS) is 10.1. The standard InChI is InChI=1S/C13H14N2O/c1-15-10-5-6-13(14)12(8-10)9-3-2-4-11(16)7-9/h2-8,15-16H,14H2,1H3. The summed E-state index contributed by atoms with van der Waals surface area (Å²) in [6.45, 7) is 0. The molecule has 3 heteroatoms. The van der Waals surface area contributed by atoms with Crippen molar-refractivity contribution >= 4 is 11.4 Å². The SMILES string of the molecule is CNc1ccc(N)c(-c2cccc(O)c2)c1. The summed E-state index contributed by atoms with van der Waals surface area (Å²) in [4.78, 5) is 0. The molecule has 0 aliphatic heterocycles. The molecule has 0 saturated heterocycles. The van der Waals surface area contributed by atoms with Crippen molar-refractivity contribution < 1.29 is 5.11 Å². The van der Waals surface area contributed by atoms with E-state index in [9.17, 15) is 5.11 Å². The van der Waals surface area contributed by atoms with Crippen molar-refractivity contribution in [3.05, 3.63) is 42.5 Å². The van der Waals surface area contributed by atoms with Gasteiger partial charge in [-0.2, -0.15) is 0 Å². The molecule has 0 atom stereocenters. The molecular formula is C13H14N2O. The van der Waals surface area contributed by atoms with Crippen molar-refractivity contribution in [2.75, 3.05) is 18.1 Å². The molecule has 0 aliphatic rings. The van der Waals surface area contributed by atoms with Crippen LogP contribution in [0.1, 0.15) is 0 Å². The van der Waals surface area contributed by atoms with E-state index >= 15 is 0 Å². The van der Waals surface area contributed by atoms with Gasteiger partial charge in [-0.15, -0.1) is 0 Å². The van der Waals surface area contributed by atoms with Gasteiger partial charge >= 0.3 is 0 Å². The summed E-state index contributed by atoms with van der Waals surface area (Å²) < 4.78 is 0. The fourth-order valence-corrected chi connectivity index (χ4v) is 1.64. The maximum absolute atomic E-state index is 9.44. The molecule has 4 N–H and O–H groups in total. The van der Waals surface area contributed by atoms with E-state index in [4.69, 9.17) is 5.73 Å². The van der Waals surface area contributed by atoms with Gasteiger partial charge in [0.1, 0.15) is 5.75 Å². The fraction of sp³-hybridized carbons (Fsp3) is 0.0769. The van der Waals surface area contributed by atoms with Crippen LogP contribution in [0.3, 0.4) is 0 Å². The smallest absolute Gasteiger partial charge is 0.116 e. The average molecular weight is 214 g/mol. The number of nitrogen functional groups attached to an aromatic ring is 1. The van der Waals surface area contributed by atoms with Crippen molar-refractivity contribution in [3.8, 4) is 16.9 Å². The van der Waals surface area contributed by atoms with E-state index in [1.54, 1.807) is 18.2 Å². The number of rotatable bonds is 2. The fourth-order valence-electron chi connectivity index (χ4n) is 1.64. The number of benzene rings is 2. The Bertz CT molecular complexity index is 509. The van der Waals surface area contributed by atoms with E-state index < -0.39 is 0 Å². The van der Waals surface area contributed by atoms with Crippen LogP contribution in [0.5, 0.6) is 5.75 Å². The number of hydrogen-bond donors (Lipinski definition) is 3. The maximum Gasteiger partial charge on any atom is 0.116 e. The first-order chi connectivity index (χ1) is 7.70. The van der Waals surface area contributed by atoms with Crippen molar-refractivity contribution in [2.24, 2.45) is 0 Å². The monoisotopic (exact) mass is 214 g/mol. The molecule has 0 amide bonds. The second-order valence-corrected chi connectivity index (χ2v) is 3.60. The predicted molar refractivity (Wildman–Crippen MR) is 67.5 cm³/mol. The van der Waals surface area contributed by atoms with Crippen LogP contribution in [0, 0.1) is 0 Å². The van der Waals surface area contributed by atoms with Gasteiger partial charge in [-0.1, -0.05) is 12.1 Å². The Kier molecular flexibility index (Phi) is 2.68. The zero-order chi connectivity index (χ0) is 11.5. The molecule has 0 heterocycles. The van der Waals surface area contributed by atoms with Gasteiger partial charge in [0.2, 0.25) is 0 Å². The second kappa shape index (κ2) is 4.14. The lowest BCUT2D eigenvalue weighted by Gasteiger charge is -2.09. The minimum atomic E-state index is 0.242. The van der Waals surface area contributed by atoms with E-state index in [0.29, 0.717) is 5.69 Å². The molecule has 2 aromatic carbocycles. The summed E-state index contributed by atoms with van der Waals surface area (Å²) in [5.41, 5.74) is 9.44. The molecule has 0 fully saturated rings. The summed E-state index contributed by atoms with van der Waals surface area (Å²) in [7, 11) is 1.86. The first-order valence-electron chi connectivity index (χ1n) is 5.07. The van der Waals surface area contributed by atoms with Gasteiger partial charge in [0, 0.05) is 24.0 Å². The van der Waals surface area contributed by atoms with Crippen LogP contribution < -0.4 is 11.1 Å². The van der Waals surface area contributed by atoms with Gasteiger partial charge in [0.15, 0.2) is 0 Å². The van der Waals surface area contributed by atoms with Crippen LogP contribution in [0.2, 0.25) is 0 Å². The zero-order valence-electron chi connectivity index (χ0n) is 9.07. The lowest BCUT2D eigenvalue weighted by molar-refractivity contribution is 0.475. The summed E-state index contributed by atoms with van der Waals surface area (Å²) in [5, 5.41) is 12.5. The minimum Gasteiger partial charge on any atom is -0.508 e. The molecule has 0 radical (unpaired) electrons. The molecule has 0 saturated carbocycles. The Morgan fingerprint density at radius 2 is 1.94 bits per heavy atom. The number of nitrogens with one attached hydrogen (secondary N) is 1. The van der Waals surface area contributed by atoms with Crippen molar-refractivity contribution in [3.63, 3.8) is 0 Å². The molecule has 0 bridgehead atoms. The zero-order valence-corrected chi connectivity index (χ0v) is 9.07. The molecule has 82 valence electrons. The second-order valence-electron chi connectivity index (χ2n) is 3.60. The maximum atomic E-state index is 9.44. The Morgan fingerprint density at radius 1 is 1.12 bits per heavy atom. The summed E-state index contributed by atoms with van der Waals surface area (Å²) >= 11 is 0. The van der Waals surface area contributed by atoms with E-state index in [-0.39, 0.29) is 5.75 Å². The highest BCUT2D eigenvalue weighted by Gasteiger charge is 2.04. The molecule has 2 rings (SSSR count). The van der Waals surface area contributed by atoms with Crippen LogP contribution >= 0.6 is 0 Å². The van der Waals surface area contributed by atoms with E-state index in [1.807, 2.05) is 31.3 Å². The minimum absolute atomic E-state index is 0.242. The van der Waals surface area contributed by atoms with Gasteiger partial charge in [0.25, 0.3) is 0 Å². The molecule has 0 aromatic heterocycles. The van der Waals surface area contributed by atoms with Crippen LogP contribution in [0.4, 0.5) is 11.4 Å². The third-order valence-electron chi connectivity index (χ3n) is 2.50. The number of hydrogen-bond acceptors (Lipinski definition) is 3. The Labute approximate surface area is 94.5 Å². The van der Waals surface area contributed by atoms with E-state index in [2.05, 4.69) is 5.32 Å². The highest BCUT2D eigenvalue weighted by Crippen LogP contribution is 2.30. The largest absolute Gasteiger partial charge is 0.508 e. The highest BCUT2D eigenvalue weighted by molar-refractivity contribution is 5.80. The molecule has 0 spiro atoms. The molecule has 16 heavy (non-hydrogen) atoms. The van der Waals surface area contributed by atoms with Crippen LogP contribution in [0.25, 0.3) is 11.1 Å². The van der Waals surface area contributed by atoms with Crippen LogP contribution in [-0.4, -0.2) is 12.2 Å². The summed E-state index contributed by atoms with van der Waals surface area (Å²) in [6, 6.07) is 12.8. The van der Waals surface area contributed by atoms with Crippen LogP contribution in [0.15, 0.2) is 42.5 Å². The van der Waals surface area contributed by atoms with Crippen molar-refractivity contribution in [1.82, 2.24) is 0 Å². The molecule has 3 nitrogen and oxygen atoms in total. The lowest BCUT2D eigenvalue weighted by Crippen LogP contribution is -1.93. The van der Waals surface area contributed by atoms with Crippen molar-refractivity contribution in [1.29, 1.82) is 0 Å². The average Bonchev–Trinajstić information content (AvgIpc) is 2.30. The number of aromatic hydroxyl groups is 1. The molecule has 2 aromatic rings. The quantitative estimate of drug-likeness (QED) is 0.673. The van der Waals surface area contributed by atoms with Crippen LogP contribution in [-0.2, 0) is 0 Å². The van der Waals surface area contributed by atoms with Gasteiger partial charge < -0.3 is 16.2 Å². The van der Waals surface area contributed by atoms with Gasteiger partial charge in [-0.3, -0.25) is 0 Å². The Morgan fingerprint density at radius 3 is 2.62 bits per heavy atom. The number of phenols is 1. The van der Waals surface area contributed by atoms with Gasteiger partial charge in [0.05, 0.1) is 0 Å². The lowest BCUT2D eigenvalue weighted by atomic mass is 10.0. The first-order valence-corrected chi connectivity index (χ1v) is 5.07. The summed E-state index contributed by atoms with van der Waals surface area (Å²) in [6.07, 6.45) is 0. The Hall–Kier alpha value is -2.16. The van der Waals surface area contributed by atoms with E-state index in [1.165, 1.54) is 0 Å². The van der Waals surface area contributed by atoms with Gasteiger partial charge in [-0.25, -0.2) is 0 Å². The summed E-state index contributed by atoms with van der Waals surface area (Å²) in [5.74, 6) is 0.242. The molecule has 0 aliphatic carbocycles. The van der Waals surface area contributed by atoms with E-state index in [0.717, 1.165) is 16.8 Å². The number of phenolic OH excluding ortho intramolecular Hbond substituents is 1. The molecule has 0 unspecified atom stereocenters.